The molecule has 2 saturated heterocycles. The van der Waals surface area contributed by atoms with Gasteiger partial charge in [-0.25, -0.2) is 8.42 Å². The first kappa shape index (κ1) is 19.8. The minimum atomic E-state index is -3.53. The summed E-state index contributed by atoms with van der Waals surface area (Å²) < 4.78 is 27.2. The van der Waals surface area contributed by atoms with E-state index in [0.717, 1.165) is 32.1 Å². The van der Waals surface area contributed by atoms with Gasteiger partial charge in [-0.1, -0.05) is 12.8 Å². The quantitative estimate of drug-likeness (QED) is 0.839. The summed E-state index contributed by atoms with van der Waals surface area (Å²) in [5.74, 6) is -0.892. The van der Waals surface area contributed by atoms with Gasteiger partial charge in [-0.05, 0) is 49.9 Å². The van der Waals surface area contributed by atoms with Crippen LogP contribution in [0.1, 0.15) is 48.9 Å². The maximum atomic E-state index is 12.8. The molecule has 0 radical (unpaired) electrons. The molecular weight excluding hydrogens is 366 g/mol. The van der Waals surface area contributed by atoms with E-state index < -0.39 is 10.0 Å². The predicted octanol–water partition coefficient (Wildman–Crippen LogP) is 1.59. The summed E-state index contributed by atoms with van der Waals surface area (Å²) in [6.07, 6.45) is 5.31. The Morgan fingerprint density at radius 1 is 0.926 bits per heavy atom. The molecule has 0 aromatic heterocycles. The minimum Gasteiger partial charge on any atom is -0.369 e. The molecule has 1 aromatic rings. The summed E-state index contributed by atoms with van der Waals surface area (Å²) in [5, 5.41) is 0. The van der Waals surface area contributed by atoms with E-state index in [0.29, 0.717) is 38.2 Å². The summed E-state index contributed by atoms with van der Waals surface area (Å²) in [5.41, 5.74) is 5.80. The van der Waals surface area contributed by atoms with Gasteiger partial charge < -0.3 is 10.6 Å². The Balaban J connectivity index is 1.72. The molecule has 2 N–H and O–H groups in total. The van der Waals surface area contributed by atoms with Crippen LogP contribution in [0.3, 0.4) is 0 Å². The maximum absolute atomic E-state index is 12.8. The maximum Gasteiger partial charge on any atom is 0.253 e. The molecule has 0 aliphatic carbocycles. The normalized spacial score (nSPS) is 22.2. The highest BCUT2D eigenvalue weighted by atomic mass is 32.2. The number of carbonyl (C=O) groups is 2. The summed E-state index contributed by atoms with van der Waals surface area (Å²) in [4.78, 5) is 25.9. The van der Waals surface area contributed by atoms with Gasteiger partial charge in [0.1, 0.15) is 0 Å². The molecule has 0 saturated carbocycles. The predicted molar refractivity (Wildman–Crippen MR) is 101 cm³/mol. The van der Waals surface area contributed by atoms with Crippen molar-refractivity contribution < 1.29 is 18.0 Å². The van der Waals surface area contributed by atoms with Crippen LogP contribution in [-0.2, 0) is 14.8 Å². The number of likely N-dealkylation sites (tertiary alicyclic amines) is 1. The number of nitrogens with zero attached hydrogens (tertiary/aromatic N) is 2. The molecule has 2 heterocycles. The fourth-order valence-corrected chi connectivity index (χ4v) is 5.29. The monoisotopic (exact) mass is 393 g/mol. The number of piperidine rings is 1. The Labute approximate surface area is 160 Å². The summed E-state index contributed by atoms with van der Waals surface area (Å²) in [6, 6.07) is 6.12. The molecule has 1 aromatic carbocycles. The number of amides is 2. The lowest BCUT2D eigenvalue weighted by molar-refractivity contribution is -0.123. The van der Waals surface area contributed by atoms with Gasteiger partial charge in [-0.3, -0.25) is 9.59 Å². The highest BCUT2D eigenvalue weighted by molar-refractivity contribution is 7.89. The number of carbonyl (C=O) groups excluding carboxylic acids is 2. The smallest absolute Gasteiger partial charge is 0.253 e. The van der Waals surface area contributed by atoms with Crippen molar-refractivity contribution in [1.82, 2.24) is 9.21 Å². The van der Waals surface area contributed by atoms with Crippen molar-refractivity contribution in [2.45, 2.75) is 43.4 Å². The van der Waals surface area contributed by atoms with Crippen molar-refractivity contribution in [3.05, 3.63) is 29.8 Å². The van der Waals surface area contributed by atoms with E-state index in [1.54, 1.807) is 21.3 Å². The third-order valence-corrected chi connectivity index (χ3v) is 7.33. The van der Waals surface area contributed by atoms with Crippen LogP contribution in [0.15, 0.2) is 29.2 Å². The van der Waals surface area contributed by atoms with Crippen LogP contribution in [0.25, 0.3) is 0 Å². The summed E-state index contributed by atoms with van der Waals surface area (Å²) in [7, 11) is -3.53. The molecule has 1 atom stereocenters. The average molecular weight is 394 g/mol. The Bertz CT molecular complexity index is 784. The minimum absolute atomic E-state index is 0.195. The van der Waals surface area contributed by atoms with Crippen molar-refractivity contribution in [3.8, 4) is 0 Å². The molecule has 0 spiro atoms. The van der Waals surface area contributed by atoms with Crippen LogP contribution in [0.2, 0.25) is 0 Å². The number of benzene rings is 1. The molecule has 2 fully saturated rings. The Morgan fingerprint density at radius 2 is 1.56 bits per heavy atom. The SMILES string of the molecule is NC(=O)[C@H]1CCCN(C(=O)c2ccc(S(=O)(=O)N3CCCCCC3)cc2)C1. The van der Waals surface area contributed by atoms with E-state index in [-0.39, 0.29) is 22.6 Å². The standard InChI is InChI=1S/C19H27N3O4S/c20-18(23)16-6-5-11-21(14-16)19(24)15-7-9-17(10-8-15)27(25,26)22-12-3-1-2-4-13-22/h7-10,16H,1-6,11-14H2,(H2,20,23)/t16-/m0/s1. The van der Waals surface area contributed by atoms with Crippen LogP contribution in [0.4, 0.5) is 0 Å². The highest BCUT2D eigenvalue weighted by Gasteiger charge is 2.29. The highest BCUT2D eigenvalue weighted by Crippen LogP contribution is 2.22. The van der Waals surface area contributed by atoms with Crippen molar-refractivity contribution in [2.75, 3.05) is 26.2 Å². The van der Waals surface area contributed by atoms with Crippen molar-refractivity contribution in [2.24, 2.45) is 11.7 Å². The molecule has 7 nitrogen and oxygen atoms in total. The van der Waals surface area contributed by atoms with Gasteiger partial charge in [0.25, 0.3) is 5.91 Å². The van der Waals surface area contributed by atoms with Crippen LogP contribution in [0, 0.1) is 5.92 Å². The van der Waals surface area contributed by atoms with Gasteiger partial charge in [0.2, 0.25) is 15.9 Å². The van der Waals surface area contributed by atoms with Crippen molar-refractivity contribution >= 4 is 21.8 Å². The Hall–Kier alpha value is -1.93. The third-order valence-electron chi connectivity index (χ3n) is 5.42. The van der Waals surface area contributed by atoms with Crippen LogP contribution < -0.4 is 5.73 Å². The first-order valence-electron chi connectivity index (χ1n) is 9.58. The van der Waals surface area contributed by atoms with Gasteiger partial charge in [-0.2, -0.15) is 4.31 Å². The van der Waals surface area contributed by atoms with E-state index in [2.05, 4.69) is 0 Å². The van der Waals surface area contributed by atoms with E-state index in [1.807, 2.05) is 0 Å². The zero-order valence-electron chi connectivity index (χ0n) is 15.5. The lowest BCUT2D eigenvalue weighted by Crippen LogP contribution is -2.44. The second-order valence-corrected chi connectivity index (χ2v) is 9.27. The molecule has 2 aliphatic rings. The van der Waals surface area contributed by atoms with E-state index in [4.69, 9.17) is 5.73 Å². The number of sulfonamides is 1. The summed E-state index contributed by atoms with van der Waals surface area (Å²) >= 11 is 0. The number of rotatable bonds is 4. The van der Waals surface area contributed by atoms with Crippen LogP contribution in [0.5, 0.6) is 0 Å². The third kappa shape index (κ3) is 4.50. The van der Waals surface area contributed by atoms with Crippen LogP contribution in [-0.4, -0.2) is 55.6 Å². The topological polar surface area (TPSA) is 101 Å². The molecule has 148 valence electrons. The first-order chi connectivity index (χ1) is 12.9. The van der Waals surface area contributed by atoms with E-state index >= 15 is 0 Å². The molecular formula is C19H27N3O4S. The Morgan fingerprint density at radius 3 is 2.15 bits per heavy atom. The van der Waals surface area contributed by atoms with E-state index in [1.165, 1.54) is 12.1 Å². The fraction of sp³-hybridized carbons (Fsp3) is 0.579. The van der Waals surface area contributed by atoms with E-state index in [9.17, 15) is 18.0 Å². The molecule has 2 amide bonds. The number of nitrogens with two attached hydrogens (primary N) is 1. The number of primary amides is 1. The lowest BCUT2D eigenvalue weighted by atomic mass is 9.97. The largest absolute Gasteiger partial charge is 0.369 e. The molecule has 3 rings (SSSR count). The summed E-state index contributed by atoms with van der Waals surface area (Å²) in [6.45, 7) is 2.00. The average Bonchev–Trinajstić information content (AvgIpc) is 2.98. The second kappa shape index (κ2) is 8.39. The van der Waals surface area contributed by atoms with Crippen molar-refractivity contribution in [1.29, 1.82) is 0 Å². The lowest BCUT2D eigenvalue weighted by Gasteiger charge is -2.31. The molecule has 0 bridgehead atoms. The van der Waals surface area contributed by atoms with Gasteiger partial charge in [-0.15, -0.1) is 0 Å². The molecule has 27 heavy (non-hydrogen) atoms. The van der Waals surface area contributed by atoms with Gasteiger partial charge in [0.15, 0.2) is 0 Å². The first-order valence-corrected chi connectivity index (χ1v) is 11.0. The zero-order valence-corrected chi connectivity index (χ0v) is 16.3. The Kier molecular flexibility index (Phi) is 6.16. The second-order valence-electron chi connectivity index (χ2n) is 7.34. The molecule has 0 unspecified atom stereocenters. The van der Waals surface area contributed by atoms with Gasteiger partial charge >= 0.3 is 0 Å². The van der Waals surface area contributed by atoms with Gasteiger partial charge in [0.05, 0.1) is 10.8 Å². The number of hydrogen-bond acceptors (Lipinski definition) is 4. The van der Waals surface area contributed by atoms with Crippen molar-refractivity contribution in [3.63, 3.8) is 0 Å². The molecule has 8 heteroatoms. The fourth-order valence-electron chi connectivity index (χ4n) is 3.78. The zero-order chi connectivity index (χ0) is 19.4. The van der Waals surface area contributed by atoms with Crippen LogP contribution >= 0.6 is 0 Å². The van der Waals surface area contributed by atoms with Gasteiger partial charge in [0, 0.05) is 31.7 Å². The molecule has 2 aliphatic heterocycles. The number of hydrogen-bond donors (Lipinski definition) is 1.